The van der Waals surface area contributed by atoms with Crippen LogP contribution in [-0.4, -0.2) is 30.0 Å². The van der Waals surface area contributed by atoms with Crippen molar-refractivity contribution in [2.24, 2.45) is 0 Å². The summed E-state index contributed by atoms with van der Waals surface area (Å²) in [5.41, 5.74) is 12.7. The smallest absolute Gasteiger partial charge is 0.348 e. The van der Waals surface area contributed by atoms with Gasteiger partial charge in [-0.15, -0.1) is 0 Å². The predicted molar refractivity (Wildman–Crippen MR) is 71.5 cm³/mol. The summed E-state index contributed by atoms with van der Waals surface area (Å²) in [5.74, 6) is -0.0256. The molecule has 0 aromatic heterocycles. The molecular formula is C13H22N3O+. The number of anilines is 2. The van der Waals surface area contributed by atoms with Crippen molar-refractivity contribution in [3.8, 4) is 0 Å². The van der Waals surface area contributed by atoms with E-state index in [-0.39, 0.29) is 15.9 Å². The van der Waals surface area contributed by atoms with Crippen LogP contribution >= 0.6 is 0 Å². The van der Waals surface area contributed by atoms with E-state index in [0.717, 1.165) is 0 Å². The average Bonchev–Trinajstić information content (AvgIpc) is 2.19. The molecule has 1 amide bonds. The molecule has 0 aliphatic rings. The van der Waals surface area contributed by atoms with Crippen LogP contribution in [0.25, 0.3) is 0 Å². The van der Waals surface area contributed by atoms with Crippen molar-refractivity contribution in [2.45, 2.75) is 26.3 Å². The van der Waals surface area contributed by atoms with E-state index in [2.05, 4.69) is 0 Å². The van der Waals surface area contributed by atoms with Gasteiger partial charge >= 0.3 is 5.91 Å². The van der Waals surface area contributed by atoms with Gasteiger partial charge in [0.05, 0.1) is 31.0 Å². The summed E-state index contributed by atoms with van der Waals surface area (Å²) in [5, 5.41) is 0. The zero-order valence-electron chi connectivity index (χ0n) is 11.2. The van der Waals surface area contributed by atoms with Crippen LogP contribution in [0.15, 0.2) is 18.2 Å². The molecule has 0 unspecified atom stereocenters. The van der Waals surface area contributed by atoms with Crippen molar-refractivity contribution in [1.29, 1.82) is 0 Å². The zero-order chi connectivity index (χ0) is 13.4. The average molecular weight is 236 g/mol. The molecule has 94 valence electrons. The number of carbonyl (C=O) groups excluding carboxylic acids is 1. The van der Waals surface area contributed by atoms with E-state index in [1.807, 2.05) is 34.9 Å². The Morgan fingerprint density at radius 2 is 1.71 bits per heavy atom. The Hall–Kier alpha value is -1.55. The summed E-state index contributed by atoms with van der Waals surface area (Å²) in [6.45, 7) is 6.06. The Morgan fingerprint density at radius 1 is 1.18 bits per heavy atom. The first kappa shape index (κ1) is 13.5. The van der Waals surface area contributed by atoms with Crippen LogP contribution in [0.5, 0.6) is 0 Å². The molecule has 1 aromatic carbocycles. The molecule has 1 rings (SSSR count). The molecular weight excluding hydrogens is 214 g/mol. The van der Waals surface area contributed by atoms with Gasteiger partial charge in [0, 0.05) is 0 Å². The van der Waals surface area contributed by atoms with Crippen molar-refractivity contribution in [2.75, 3.05) is 25.6 Å². The van der Waals surface area contributed by atoms with Gasteiger partial charge in [-0.2, -0.15) is 0 Å². The van der Waals surface area contributed by atoms with Crippen molar-refractivity contribution in [1.82, 2.24) is 0 Å². The summed E-state index contributed by atoms with van der Waals surface area (Å²) >= 11 is 0. The maximum Gasteiger partial charge on any atom is 0.348 e. The number of nitrogens with two attached hydrogens (primary N) is 2. The lowest BCUT2D eigenvalue weighted by Crippen LogP contribution is -2.58. The quantitative estimate of drug-likeness (QED) is 0.577. The van der Waals surface area contributed by atoms with Crippen molar-refractivity contribution >= 4 is 17.3 Å². The molecule has 0 aliphatic heterocycles. The number of rotatable bonds is 1. The Morgan fingerprint density at radius 3 is 2.18 bits per heavy atom. The van der Waals surface area contributed by atoms with Gasteiger partial charge in [0.15, 0.2) is 0 Å². The fourth-order valence-electron chi connectivity index (χ4n) is 1.38. The van der Waals surface area contributed by atoms with Gasteiger partial charge < -0.3 is 11.5 Å². The first-order valence-electron chi connectivity index (χ1n) is 5.62. The molecule has 4 nitrogen and oxygen atoms in total. The van der Waals surface area contributed by atoms with E-state index in [0.29, 0.717) is 16.9 Å². The van der Waals surface area contributed by atoms with E-state index < -0.39 is 0 Å². The van der Waals surface area contributed by atoms with Crippen LogP contribution in [0.2, 0.25) is 0 Å². The summed E-state index contributed by atoms with van der Waals surface area (Å²) in [6.07, 6.45) is 0. The van der Waals surface area contributed by atoms with Crippen molar-refractivity contribution in [3.63, 3.8) is 0 Å². The molecule has 0 aliphatic carbocycles. The number of carbonyl (C=O) groups is 1. The third kappa shape index (κ3) is 2.26. The molecule has 1 aromatic rings. The zero-order valence-corrected chi connectivity index (χ0v) is 11.2. The van der Waals surface area contributed by atoms with Gasteiger partial charge in [-0.25, -0.2) is 4.79 Å². The SMILES string of the molecule is CC(C)(C)[N+](C)(C)C(=O)c1cccc(N)c1N. The summed E-state index contributed by atoms with van der Waals surface area (Å²) in [6, 6.07) is 5.17. The number of hydrogen-bond donors (Lipinski definition) is 2. The minimum atomic E-state index is -0.200. The number of nitrogen functional groups attached to an aromatic ring is 2. The number of amides is 1. The number of hydrogen-bond acceptors (Lipinski definition) is 3. The first-order valence-corrected chi connectivity index (χ1v) is 5.62. The minimum absolute atomic E-state index is 0.0256. The highest BCUT2D eigenvalue weighted by atomic mass is 16.2. The number of para-hydroxylation sites is 1. The summed E-state index contributed by atoms with van der Waals surface area (Å²) in [7, 11) is 3.76. The van der Waals surface area contributed by atoms with Gasteiger partial charge in [0.2, 0.25) is 0 Å². The van der Waals surface area contributed by atoms with Gasteiger partial charge in [-0.1, -0.05) is 6.07 Å². The maximum atomic E-state index is 12.5. The highest BCUT2D eigenvalue weighted by Crippen LogP contribution is 2.27. The topological polar surface area (TPSA) is 69.1 Å². The standard InChI is InChI=1S/C13H21N3O/c1-13(2,3)16(4,5)12(17)9-7-6-8-10(14)11(9)15/h6-8H,14H2,1-5H3,(H-,15,17)/p+1. The van der Waals surface area contributed by atoms with E-state index in [9.17, 15) is 4.79 Å². The van der Waals surface area contributed by atoms with Crippen LogP contribution in [0.1, 0.15) is 31.1 Å². The van der Waals surface area contributed by atoms with E-state index in [4.69, 9.17) is 11.5 Å². The Labute approximate surface area is 103 Å². The monoisotopic (exact) mass is 236 g/mol. The fraction of sp³-hybridized carbons (Fsp3) is 0.462. The van der Waals surface area contributed by atoms with Crippen molar-refractivity contribution < 1.29 is 9.28 Å². The molecule has 0 spiro atoms. The van der Waals surface area contributed by atoms with E-state index in [1.165, 1.54) is 0 Å². The van der Waals surface area contributed by atoms with E-state index in [1.54, 1.807) is 18.2 Å². The van der Waals surface area contributed by atoms with Gasteiger partial charge in [0.1, 0.15) is 5.56 Å². The molecule has 0 fully saturated rings. The molecule has 0 atom stereocenters. The Balaban J connectivity index is 3.27. The molecule has 17 heavy (non-hydrogen) atoms. The number of quaternary nitrogens is 1. The lowest BCUT2D eigenvalue weighted by atomic mass is 10.0. The molecule has 0 saturated carbocycles. The highest BCUT2D eigenvalue weighted by Gasteiger charge is 2.40. The summed E-state index contributed by atoms with van der Waals surface area (Å²) in [4.78, 5) is 12.5. The second-order valence-electron chi connectivity index (χ2n) is 5.74. The van der Waals surface area contributed by atoms with Crippen molar-refractivity contribution in [3.05, 3.63) is 23.8 Å². The van der Waals surface area contributed by atoms with Crippen LogP contribution in [0.4, 0.5) is 11.4 Å². The number of nitrogens with zero attached hydrogens (tertiary/aromatic N) is 1. The summed E-state index contributed by atoms with van der Waals surface area (Å²) < 4.78 is 0.223. The molecule has 0 saturated heterocycles. The maximum absolute atomic E-state index is 12.5. The largest absolute Gasteiger partial charge is 0.397 e. The van der Waals surface area contributed by atoms with Crippen LogP contribution in [0, 0.1) is 0 Å². The lowest BCUT2D eigenvalue weighted by molar-refractivity contribution is -0.857. The fourth-order valence-corrected chi connectivity index (χ4v) is 1.38. The minimum Gasteiger partial charge on any atom is -0.397 e. The third-order valence-corrected chi connectivity index (χ3v) is 3.56. The Kier molecular flexibility index (Phi) is 3.21. The molecule has 0 heterocycles. The lowest BCUT2D eigenvalue weighted by Gasteiger charge is -2.39. The van der Waals surface area contributed by atoms with Gasteiger partial charge in [-0.3, -0.25) is 4.48 Å². The molecule has 0 radical (unpaired) electrons. The van der Waals surface area contributed by atoms with Crippen LogP contribution in [-0.2, 0) is 0 Å². The first-order chi connectivity index (χ1) is 7.59. The van der Waals surface area contributed by atoms with Gasteiger partial charge in [-0.05, 0) is 32.9 Å². The van der Waals surface area contributed by atoms with E-state index >= 15 is 0 Å². The molecule has 4 heteroatoms. The second kappa shape index (κ2) is 4.04. The third-order valence-electron chi connectivity index (χ3n) is 3.56. The number of benzene rings is 1. The van der Waals surface area contributed by atoms with Gasteiger partial charge in [0.25, 0.3) is 0 Å². The van der Waals surface area contributed by atoms with Crippen LogP contribution in [0.3, 0.4) is 0 Å². The normalized spacial score (nSPS) is 12.5. The Bertz CT molecular complexity index is 444. The second-order valence-corrected chi connectivity index (χ2v) is 5.74. The molecule has 4 N–H and O–H groups in total. The van der Waals surface area contributed by atoms with Crippen LogP contribution < -0.4 is 11.5 Å². The highest BCUT2D eigenvalue weighted by molar-refractivity contribution is 5.97. The molecule has 0 bridgehead atoms. The predicted octanol–water partition coefficient (Wildman–Crippen LogP) is 1.87.